The number of rotatable bonds is 1. The largest absolute Gasteiger partial charge is 0.207 e. The van der Waals surface area contributed by atoms with Gasteiger partial charge in [-0.05, 0) is 22.8 Å². The van der Waals surface area contributed by atoms with Gasteiger partial charge in [0.15, 0.2) is 0 Å². The predicted molar refractivity (Wildman–Crippen MR) is 63.3 cm³/mol. The summed E-state index contributed by atoms with van der Waals surface area (Å²) in [5.41, 5.74) is 2.91. The van der Waals surface area contributed by atoms with Crippen molar-refractivity contribution in [3.05, 3.63) is 83.3 Å². The van der Waals surface area contributed by atoms with Gasteiger partial charge in [0.25, 0.3) is 0 Å². The minimum atomic E-state index is -0.543. The first kappa shape index (κ1) is 10.2. The van der Waals surface area contributed by atoms with Gasteiger partial charge in [-0.15, -0.1) is 0 Å². The maximum absolute atomic E-state index is 13.5. The van der Waals surface area contributed by atoms with Crippen molar-refractivity contribution in [3.63, 3.8) is 0 Å². The molecule has 2 aromatic carbocycles. The van der Waals surface area contributed by atoms with E-state index in [4.69, 9.17) is 0 Å². The summed E-state index contributed by atoms with van der Waals surface area (Å²) < 4.78 is 26.8. The minimum Gasteiger partial charge on any atom is -0.207 e. The number of allylic oxidation sites excluding steroid dienone is 1. The number of halogens is 2. The molecule has 0 aromatic heterocycles. The molecule has 0 N–H and O–H groups in total. The molecule has 0 aliphatic heterocycles. The molecule has 0 saturated carbocycles. The second-order valence-electron chi connectivity index (χ2n) is 3.96. The topological polar surface area (TPSA) is 0 Å². The zero-order valence-electron chi connectivity index (χ0n) is 8.95. The third-order valence-electron chi connectivity index (χ3n) is 2.89. The van der Waals surface area contributed by atoms with Gasteiger partial charge in [-0.25, -0.2) is 8.78 Å². The summed E-state index contributed by atoms with van der Waals surface area (Å²) in [6, 6.07) is 11.9. The van der Waals surface area contributed by atoms with Crippen LogP contribution in [0.3, 0.4) is 0 Å². The van der Waals surface area contributed by atoms with Gasteiger partial charge in [-0.1, -0.05) is 36.4 Å². The van der Waals surface area contributed by atoms with Crippen LogP contribution in [0.1, 0.15) is 16.7 Å². The Kier molecular flexibility index (Phi) is 2.29. The molecule has 83 valence electrons. The van der Waals surface area contributed by atoms with Gasteiger partial charge in [-0.3, -0.25) is 0 Å². The van der Waals surface area contributed by atoms with E-state index in [9.17, 15) is 8.78 Å². The third kappa shape index (κ3) is 1.66. The monoisotopic (exact) mass is 227 g/mol. The molecule has 0 heterocycles. The van der Waals surface area contributed by atoms with E-state index in [-0.39, 0.29) is 0 Å². The maximum atomic E-state index is 13.5. The molecule has 17 heavy (non-hydrogen) atoms. The summed E-state index contributed by atoms with van der Waals surface area (Å²) >= 11 is 0. The fourth-order valence-corrected chi connectivity index (χ4v) is 2.10. The van der Waals surface area contributed by atoms with Crippen molar-refractivity contribution in [1.29, 1.82) is 0 Å². The van der Waals surface area contributed by atoms with Crippen LogP contribution in [-0.4, -0.2) is 0 Å². The Bertz CT molecular complexity index is 598. The van der Waals surface area contributed by atoms with Gasteiger partial charge in [0.1, 0.15) is 11.6 Å². The molecule has 0 nitrogen and oxygen atoms in total. The van der Waals surface area contributed by atoms with Crippen molar-refractivity contribution in [2.75, 3.05) is 0 Å². The van der Waals surface area contributed by atoms with Gasteiger partial charge in [0.2, 0.25) is 0 Å². The molecule has 1 aliphatic rings. The predicted octanol–water partition coefficient (Wildman–Crippen LogP) is 3.96. The van der Waals surface area contributed by atoms with Crippen LogP contribution in [0.25, 0.3) is 5.57 Å². The maximum Gasteiger partial charge on any atom is 0.130 e. The van der Waals surface area contributed by atoms with Crippen LogP contribution in [0, 0.1) is 18.1 Å². The second kappa shape index (κ2) is 3.81. The number of benzene rings is 2. The van der Waals surface area contributed by atoms with Crippen molar-refractivity contribution in [1.82, 2.24) is 0 Å². The lowest BCUT2D eigenvalue weighted by Gasteiger charge is -2.07. The van der Waals surface area contributed by atoms with E-state index in [0.29, 0.717) is 11.1 Å². The number of fused-ring (bicyclic) bond motifs is 1. The summed E-state index contributed by atoms with van der Waals surface area (Å²) in [5, 5.41) is 0. The van der Waals surface area contributed by atoms with Crippen LogP contribution in [0.5, 0.6) is 0 Å². The first-order valence-electron chi connectivity index (χ1n) is 5.35. The molecule has 2 heteroatoms. The van der Waals surface area contributed by atoms with Crippen molar-refractivity contribution in [2.24, 2.45) is 0 Å². The summed E-state index contributed by atoms with van der Waals surface area (Å²) in [5.74, 6) is -1.06. The Labute approximate surface area is 98.2 Å². The first-order valence-corrected chi connectivity index (χ1v) is 5.35. The summed E-state index contributed by atoms with van der Waals surface area (Å²) in [6.07, 6.45) is 3.51. The molecule has 1 aliphatic carbocycles. The zero-order valence-corrected chi connectivity index (χ0v) is 8.95. The van der Waals surface area contributed by atoms with E-state index in [1.807, 2.05) is 36.4 Å². The highest BCUT2D eigenvalue weighted by molar-refractivity contribution is 5.87. The SMILES string of the molecule is Fc1cc(F)c2c(c1)C(c1ccccc1)=C[CH]2. The fraction of sp³-hybridized carbons (Fsp3) is 0. The fourth-order valence-electron chi connectivity index (χ4n) is 2.10. The molecule has 0 bridgehead atoms. The molecule has 3 rings (SSSR count). The molecule has 0 atom stereocenters. The van der Waals surface area contributed by atoms with Crippen LogP contribution in [0.15, 0.2) is 48.5 Å². The molecule has 0 amide bonds. The van der Waals surface area contributed by atoms with Gasteiger partial charge in [0, 0.05) is 18.1 Å². The second-order valence-corrected chi connectivity index (χ2v) is 3.96. The third-order valence-corrected chi connectivity index (χ3v) is 2.89. The van der Waals surface area contributed by atoms with E-state index < -0.39 is 11.6 Å². The van der Waals surface area contributed by atoms with E-state index in [1.165, 1.54) is 6.07 Å². The molecule has 2 aromatic rings. The van der Waals surface area contributed by atoms with Crippen molar-refractivity contribution in [2.45, 2.75) is 0 Å². The Hall–Kier alpha value is -1.96. The standard InChI is InChI=1S/C15H9F2/c16-11-8-14-12(10-4-2-1-3-5-10)6-7-13(14)15(17)9-11/h1-9H. The van der Waals surface area contributed by atoms with Crippen molar-refractivity contribution < 1.29 is 8.78 Å². The molecule has 0 fully saturated rings. The van der Waals surface area contributed by atoms with Crippen LogP contribution in [-0.2, 0) is 0 Å². The Morgan fingerprint density at radius 3 is 2.41 bits per heavy atom. The number of hydrogen-bond donors (Lipinski definition) is 0. The first-order chi connectivity index (χ1) is 8.25. The lowest BCUT2D eigenvalue weighted by molar-refractivity contribution is 0.579. The summed E-state index contributed by atoms with van der Waals surface area (Å²) in [6.45, 7) is 0. The molecular formula is C15H9F2. The highest BCUT2D eigenvalue weighted by Gasteiger charge is 2.20. The van der Waals surface area contributed by atoms with E-state index in [1.54, 1.807) is 6.42 Å². The molecule has 0 unspecified atom stereocenters. The van der Waals surface area contributed by atoms with Crippen LogP contribution in [0.2, 0.25) is 0 Å². The lowest BCUT2D eigenvalue weighted by atomic mass is 9.99. The highest BCUT2D eigenvalue weighted by atomic mass is 19.1. The Morgan fingerprint density at radius 1 is 0.882 bits per heavy atom. The number of hydrogen-bond acceptors (Lipinski definition) is 0. The van der Waals surface area contributed by atoms with E-state index in [0.717, 1.165) is 17.2 Å². The van der Waals surface area contributed by atoms with E-state index in [2.05, 4.69) is 0 Å². The molecular weight excluding hydrogens is 218 g/mol. The normalized spacial score (nSPS) is 13.4. The van der Waals surface area contributed by atoms with Crippen LogP contribution in [0.4, 0.5) is 8.78 Å². The average Bonchev–Trinajstić information content (AvgIpc) is 2.74. The summed E-state index contributed by atoms with van der Waals surface area (Å²) in [4.78, 5) is 0. The zero-order chi connectivity index (χ0) is 11.8. The summed E-state index contributed by atoms with van der Waals surface area (Å²) in [7, 11) is 0. The van der Waals surface area contributed by atoms with E-state index >= 15 is 0 Å². The van der Waals surface area contributed by atoms with Crippen LogP contribution < -0.4 is 0 Å². The van der Waals surface area contributed by atoms with Gasteiger partial charge in [-0.2, -0.15) is 0 Å². The lowest BCUT2D eigenvalue weighted by Crippen LogP contribution is -1.92. The van der Waals surface area contributed by atoms with Gasteiger partial charge < -0.3 is 0 Å². The van der Waals surface area contributed by atoms with Crippen LogP contribution >= 0.6 is 0 Å². The van der Waals surface area contributed by atoms with Crippen molar-refractivity contribution in [3.8, 4) is 0 Å². The van der Waals surface area contributed by atoms with Gasteiger partial charge >= 0.3 is 0 Å². The molecule has 1 radical (unpaired) electrons. The quantitative estimate of drug-likeness (QED) is 0.691. The molecule has 0 saturated heterocycles. The highest BCUT2D eigenvalue weighted by Crippen LogP contribution is 2.35. The average molecular weight is 227 g/mol. The molecule has 0 spiro atoms. The Morgan fingerprint density at radius 2 is 1.65 bits per heavy atom. The van der Waals surface area contributed by atoms with Gasteiger partial charge in [0.05, 0.1) is 0 Å². The van der Waals surface area contributed by atoms with Crippen molar-refractivity contribution >= 4 is 5.57 Å². The smallest absolute Gasteiger partial charge is 0.130 e. The minimum absolute atomic E-state index is 0.463. The Balaban J connectivity index is 2.15.